The first-order valence-electron chi connectivity index (χ1n) is 5.97. The zero-order valence-electron chi connectivity index (χ0n) is 10.7. The number of hydrogen-bond acceptors (Lipinski definition) is 4. The van der Waals surface area contributed by atoms with E-state index >= 15 is 0 Å². The lowest BCUT2D eigenvalue weighted by atomic mass is 10.1. The highest BCUT2D eigenvalue weighted by Gasteiger charge is 2.10. The topological polar surface area (TPSA) is 110 Å². The molecule has 0 radical (unpaired) electrons. The number of carbonyl (C=O) groups excluding carboxylic acids is 1. The highest BCUT2D eigenvalue weighted by Crippen LogP contribution is 2.26. The number of hydrogen-bond donors (Lipinski definition) is 3. The van der Waals surface area contributed by atoms with Gasteiger partial charge in [-0.05, 0) is 19.1 Å². The lowest BCUT2D eigenvalue weighted by Gasteiger charge is -2.01. The van der Waals surface area contributed by atoms with Crippen LogP contribution in [0.4, 0.5) is 10.6 Å². The number of pyridine rings is 2. The van der Waals surface area contributed by atoms with Crippen LogP contribution in [0.3, 0.4) is 0 Å². The summed E-state index contributed by atoms with van der Waals surface area (Å²) in [5.74, 6) is 0.381. The van der Waals surface area contributed by atoms with Gasteiger partial charge in [0.2, 0.25) is 0 Å². The Morgan fingerprint density at radius 2 is 2.20 bits per heavy atom. The molecule has 7 heteroatoms. The van der Waals surface area contributed by atoms with Crippen molar-refractivity contribution in [3.05, 3.63) is 36.3 Å². The van der Waals surface area contributed by atoms with Crippen LogP contribution in [0.15, 0.2) is 30.6 Å². The van der Waals surface area contributed by atoms with Gasteiger partial charge in [-0.25, -0.2) is 9.78 Å². The van der Waals surface area contributed by atoms with Crippen LogP contribution in [0, 0.1) is 6.92 Å². The first kappa shape index (κ1) is 12.1. The number of aromatic amines is 1. The van der Waals surface area contributed by atoms with Gasteiger partial charge < -0.3 is 5.73 Å². The van der Waals surface area contributed by atoms with Crippen LogP contribution in [0.1, 0.15) is 5.69 Å². The minimum absolute atomic E-state index is 0.381. The van der Waals surface area contributed by atoms with Crippen LogP contribution in [-0.4, -0.2) is 26.2 Å². The number of nitrogens with zero attached hydrogens (tertiary/aromatic N) is 3. The fourth-order valence-electron chi connectivity index (χ4n) is 2.02. The second-order valence-electron chi connectivity index (χ2n) is 4.36. The predicted octanol–water partition coefficient (Wildman–Crippen LogP) is 1.82. The number of anilines is 1. The molecule has 0 saturated heterocycles. The number of nitrogens with two attached hydrogens (primary N) is 1. The first-order chi connectivity index (χ1) is 9.63. The maximum Gasteiger partial charge on any atom is 0.317 e. The van der Waals surface area contributed by atoms with Crippen molar-refractivity contribution in [1.82, 2.24) is 20.2 Å². The highest BCUT2D eigenvalue weighted by atomic mass is 16.2. The smallest absolute Gasteiger partial charge is 0.317 e. The second kappa shape index (κ2) is 4.61. The van der Waals surface area contributed by atoms with Crippen molar-refractivity contribution < 1.29 is 4.79 Å². The van der Waals surface area contributed by atoms with E-state index in [4.69, 9.17) is 5.73 Å². The average Bonchev–Trinajstić information content (AvgIpc) is 2.81. The van der Waals surface area contributed by atoms with E-state index in [1.54, 1.807) is 18.5 Å². The number of aromatic nitrogens is 4. The molecule has 3 aromatic rings. The third-order valence-electron chi connectivity index (χ3n) is 2.87. The summed E-state index contributed by atoms with van der Waals surface area (Å²) in [6.07, 6.45) is 3.39. The standard InChI is InChI=1S/C13H12N6O/c1-7-4-8(2-3-15-7)12-9-6-16-11(17-13(14)20)5-10(9)18-19-12/h2-6H,1H3,(H,18,19)(H3,14,16,17,20). The van der Waals surface area contributed by atoms with Gasteiger partial charge in [0.15, 0.2) is 0 Å². The third-order valence-corrected chi connectivity index (χ3v) is 2.87. The summed E-state index contributed by atoms with van der Waals surface area (Å²) in [5.41, 5.74) is 8.50. The van der Waals surface area contributed by atoms with E-state index in [9.17, 15) is 4.79 Å². The maximum absolute atomic E-state index is 10.8. The number of primary amides is 1. The molecule has 3 rings (SSSR count). The number of H-pyrrole nitrogens is 1. The number of rotatable bonds is 2. The minimum Gasteiger partial charge on any atom is -0.351 e. The molecule has 7 nitrogen and oxygen atoms in total. The van der Waals surface area contributed by atoms with Gasteiger partial charge in [0.1, 0.15) is 11.5 Å². The lowest BCUT2D eigenvalue weighted by Crippen LogP contribution is -2.19. The molecule has 0 spiro atoms. The Balaban J connectivity index is 2.08. The molecule has 0 bridgehead atoms. The monoisotopic (exact) mass is 268 g/mol. The van der Waals surface area contributed by atoms with E-state index in [1.165, 1.54) is 0 Å². The quantitative estimate of drug-likeness (QED) is 0.658. The van der Waals surface area contributed by atoms with Gasteiger partial charge >= 0.3 is 6.03 Å². The molecule has 0 aromatic carbocycles. The van der Waals surface area contributed by atoms with Crippen LogP contribution in [0.2, 0.25) is 0 Å². The Kier molecular flexibility index (Phi) is 2.79. The van der Waals surface area contributed by atoms with E-state index in [1.807, 2.05) is 19.1 Å². The van der Waals surface area contributed by atoms with Gasteiger partial charge in [-0.3, -0.25) is 15.4 Å². The van der Waals surface area contributed by atoms with Crippen LogP contribution >= 0.6 is 0 Å². The maximum atomic E-state index is 10.8. The molecule has 100 valence electrons. The van der Waals surface area contributed by atoms with Gasteiger partial charge in [-0.1, -0.05) is 0 Å². The molecule has 0 atom stereocenters. The summed E-state index contributed by atoms with van der Waals surface area (Å²) in [7, 11) is 0. The normalized spacial score (nSPS) is 10.7. The Morgan fingerprint density at radius 1 is 1.35 bits per heavy atom. The fourth-order valence-corrected chi connectivity index (χ4v) is 2.02. The van der Waals surface area contributed by atoms with Crippen molar-refractivity contribution in [2.45, 2.75) is 6.92 Å². The Hall–Kier alpha value is -2.96. The summed E-state index contributed by atoms with van der Waals surface area (Å²) in [5, 5.41) is 10.5. The number of nitrogens with one attached hydrogen (secondary N) is 2. The van der Waals surface area contributed by atoms with Crippen molar-refractivity contribution in [3.8, 4) is 11.3 Å². The van der Waals surface area contributed by atoms with Crippen molar-refractivity contribution in [1.29, 1.82) is 0 Å². The summed E-state index contributed by atoms with van der Waals surface area (Å²) in [6.45, 7) is 1.92. The summed E-state index contributed by atoms with van der Waals surface area (Å²) >= 11 is 0. The van der Waals surface area contributed by atoms with Crippen LogP contribution in [-0.2, 0) is 0 Å². The molecule has 0 unspecified atom stereocenters. The molecule has 4 N–H and O–H groups in total. The van der Waals surface area contributed by atoms with Crippen molar-refractivity contribution in [3.63, 3.8) is 0 Å². The van der Waals surface area contributed by atoms with E-state index in [-0.39, 0.29) is 0 Å². The fraction of sp³-hybridized carbons (Fsp3) is 0.0769. The Morgan fingerprint density at radius 3 is 2.95 bits per heavy atom. The van der Waals surface area contributed by atoms with Crippen LogP contribution < -0.4 is 11.1 Å². The average molecular weight is 268 g/mol. The molecule has 0 aliphatic heterocycles. The minimum atomic E-state index is -0.652. The van der Waals surface area contributed by atoms with Crippen molar-refractivity contribution in [2.24, 2.45) is 5.73 Å². The van der Waals surface area contributed by atoms with Gasteiger partial charge in [-0.2, -0.15) is 5.10 Å². The third kappa shape index (κ3) is 2.16. The number of aryl methyl sites for hydroxylation is 1. The molecular formula is C13H12N6O. The summed E-state index contributed by atoms with van der Waals surface area (Å²) < 4.78 is 0. The SMILES string of the molecule is Cc1cc(-c2n[nH]c3cc(NC(N)=O)ncc23)ccn1. The largest absolute Gasteiger partial charge is 0.351 e. The van der Waals surface area contributed by atoms with E-state index < -0.39 is 6.03 Å². The summed E-state index contributed by atoms with van der Waals surface area (Å²) in [6, 6.07) is 4.87. The van der Waals surface area contributed by atoms with E-state index in [2.05, 4.69) is 25.5 Å². The molecule has 0 saturated carbocycles. The number of carbonyl (C=O) groups is 1. The molecule has 3 heterocycles. The number of fused-ring (bicyclic) bond motifs is 1. The molecule has 20 heavy (non-hydrogen) atoms. The molecular weight excluding hydrogens is 256 g/mol. The summed E-state index contributed by atoms with van der Waals surface area (Å²) in [4.78, 5) is 19.1. The van der Waals surface area contributed by atoms with Crippen molar-refractivity contribution in [2.75, 3.05) is 5.32 Å². The highest BCUT2D eigenvalue weighted by molar-refractivity contribution is 5.95. The molecule has 0 aliphatic rings. The van der Waals surface area contributed by atoms with Crippen molar-refractivity contribution >= 4 is 22.8 Å². The first-order valence-corrected chi connectivity index (χ1v) is 5.97. The molecule has 2 amide bonds. The van der Waals surface area contributed by atoms with Crippen LogP contribution in [0.25, 0.3) is 22.2 Å². The predicted molar refractivity (Wildman–Crippen MR) is 75.1 cm³/mol. The Labute approximate surface area is 114 Å². The number of urea groups is 1. The Bertz CT molecular complexity index is 794. The molecule has 0 fully saturated rings. The van der Waals surface area contributed by atoms with E-state index in [0.717, 1.165) is 27.9 Å². The van der Waals surface area contributed by atoms with Gasteiger partial charge in [0.25, 0.3) is 0 Å². The van der Waals surface area contributed by atoms with Crippen LogP contribution in [0.5, 0.6) is 0 Å². The molecule has 0 aliphatic carbocycles. The molecule has 3 aromatic heterocycles. The van der Waals surface area contributed by atoms with Gasteiger partial charge in [0, 0.05) is 35.1 Å². The lowest BCUT2D eigenvalue weighted by molar-refractivity contribution is 0.259. The van der Waals surface area contributed by atoms with Gasteiger partial charge in [0.05, 0.1) is 5.52 Å². The second-order valence-corrected chi connectivity index (χ2v) is 4.36. The zero-order chi connectivity index (χ0) is 14.1. The number of amides is 2. The van der Waals surface area contributed by atoms with Gasteiger partial charge in [-0.15, -0.1) is 0 Å². The van der Waals surface area contributed by atoms with E-state index in [0.29, 0.717) is 5.82 Å². The zero-order valence-corrected chi connectivity index (χ0v) is 10.7.